The standard InChI is InChI=1S/C14H21BrN2/c1-11-10-17(8-7-16-11)12(2)9-13-3-5-14(15)6-4-13/h3-6,11-12,16H,7-10H2,1-2H3. The number of hydrogen-bond donors (Lipinski definition) is 1. The molecule has 94 valence electrons. The van der Waals surface area contributed by atoms with Crippen LogP contribution in [0.5, 0.6) is 0 Å². The van der Waals surface area contributed by atoms with Gasteiger partial charge in [-0.1, -0.05) is 28.1 Å². The summed E-state index contributed by atoms with van der Waals surface area (Å²) in [6.45, 7) is 8.05. The summed E-state index contributed by atoms with van der Waals surface area (Å²) in [5, 5.41) is 3.49. The largest absolute Gasteiger partial charge is 0.312 e. The Morgan fingerprint density at radius 3 is 2.76 bits per heavy atom. The van der Waals surface area contributed by atoms with Crippen LogP contribution in [0.15, 0.2) is 28.7 Å². The van der Waals surface area contributed by atoms with Crippen molar-refractivity contribution in [3.05, 3.63) is 34.3 Å². The van der Waals surface area contributed by atoms with Gasteiger partial charge in [0.05, 0.1) is 0 Å². The van der Waals surface area contributed by atoms with E-state index in [1.54, 1.807) is 0 Å². The number of rotatable bonds is 3. The van der Waals surface area contributed by atoms with E-state index in [1.165, 1.54) is 12.1 Å². The third-order valence-electron chi connectivity index (χ3n) is 3.47. The van der Waals surface area contributed by atoms with Gasteiger partial charge in [-0.15, -0.1) is 0 Å². The first-order valence-corrected chi connectivity index (χ1v) is 7.16. The van der Waals surface area contributed by atoms with Gasteiger partial charge >= 0.3 is 0 Å². The molecule has 2 unspecified atom stereocenters. The van der Waals surface area contributed by atoms with Crippen molar-refractivity contribution in [1.29, 1.82) is 0 Å². The van der Waals surface area contributed by atoms with Gasteiger partial charge in [0.1, 0.15) is 0 Å². The van der Waals surface area contributed by atoms with E-state index in [0.29, 0.717) is 12.1 Å². The minimum absolute atomic E-state index is 0.621. The fourth-order valence-corrected chi connectivity index (χ4v) is 2.72. The Kier molecular flexibility index (Phi) is 4.60. The highest BCUT2D eigenvalue weighted by Crippen LogP contribution is 2.14. The highest BCUT2D eigenvalue weighted by molar-refractivity contribution is 9.10. The Balaban J connectivity index is 1.91. The molecule has 1 aromatic rings. The zero-order chi connectivity index (χ0) is 12.3. The summed E-state index contributed by atoms with van der Waals surface area (Å²) in [7, 11) is 0. The van der Waals surface area contributed by atoms with Crippen molar-refractivity contribution in [2.75, 3.05) is 19.6 Å². The smallest absolute Gasteiger partial charge is 0.0175 e. The number of hydrogen-bond acceptors (Lipinski definition) is 2. The van der Waals surface area contributed by atoms with Crippen LogP contribution in [0, 0.1) is 0 Å². The van der Waals surface area contributed by atoms with Gasteiger partial charge in [0.25, 0.3) is 0 Å². The fraction of sp³-hybridized carbons (Fsp3) is 0.571. The summed E-state index contributed by atoms with van der Waals surface area (Å²) < 4.78 is 1.16. The zero-order valence-corrected chi connectivity index (χ0v) is 12.2. The molecular formula is C14H21BrN2. The van der Waals surface area contributed by atoms with Gasteiger partial charge in [-0.05, 0) is 38.0 Å². The lowest BCUT2D eigenvalue weighted by atomic mass is 10.0. The molecule has 0 aliphatic carbocycles. The molecule has 0 radical (unpaired) electrons. The number of piperazine rings is 1. The molecular weight excluding hydrogens is 276 g/mol. The summed E-state index contributed by atoms with van der Waals surface area (Å²) in [4.78, 5) is 2.59. The van der Waals surface area contributed by atoms with E-state index >= 15 is 0 Å². The molecule has 0 spiro atoms. The highest BCUT2D eigenvalue weighted by Gasteiger charge is 2.20. The van der Waals surface area contributed by atoms with E-state index in [1.807, 2.05) is 0 Å². The molecule has 0 amide bonds. The van der Waals surface area contributed by atoms with Crippen LogP contribution < -0.4 is 5.32 Å². The Hall–Kier alpha value is -0.380. The number of halogens is 1. The van der Waals surface area contributed by atoms with Crippen LogP contribution in [0.25, 0.3) is 0 Å². The quantitative estimate of drug-likeness (QED) is 0.923. The third kappa shape index (κ3) is 3.80. The lowest BCUT2D eigenvalue weighted by Crippen LogP contribution is -2.52. The van der Waals surface area contributed by atoms with Crippen molar-refractivity contribution >= 4 is 15.9 Å². The average molecular weight is 297 g/mol. The van der Waals surface area contributed by atoms with Crippen LogP contribution in [0.3, 0.4) is 0 Å². The van der Waals surface area contributed by atoms with Crippen LogP contribution in [0.4, 0.5) is 0 Å². The molecule has 1 aliphatic heterocycles. The molecule has 1 aromatic carbocycles. The van der Waals surface area contributed by atoms with Crippen LogP contribution in [-0.4, -0.2) is 36.6 Å². The maximum atomic E-state index is 3.49. The van der Waals surface area contributed by atoms with Crippen LogP contribution >= 0.6 is 15.9 Å². The molecule has 17 heavy (non-hydrogen) atoms. The number of nitrogens with zero attached hydrogens (tertiary/aromatic N) is 1. The minimum Gasteiger partial charge on any atom is -0.312 e. The summed E-state index contributed by atoms with van der Waals surface area (Å²) in [6, 6.07) is 9.93. The Morgan fingerprint density at radius 1 is 1.41 bits per heavy atom. The molecule has 1 heterocycles. The van der Waals surface area contributed by atoms with Crippen LogP contribution in [0.1, 0.15) is 19.4 Å². The SMILES string of the molecule is CC1CN(C(C)Cc2ccc(Br)cc2)CCN1. The molecule has 2 atom stereocenters. The molecule has 1 fully saturated rings. The van der Waals surface area contributed by atoms with E-state index in [9.17, 15) is 0 Å². The molecule has 0 bridgehead atoms. The topological polar surface area (TPSA) is 15.3 Å². The van der Waals surface area contributed by atoms with Crippen molar-refractivity contribution in [3.8, 4) is 0 Å². The second-order valence-corrected chi connectivity index (χ2v) is 5.95. The molecule has 2 nitrogen and oxygen atoms in total. The lowest BCUT2D eigenvalue weighted by Gasteiger charge is -2.36. The Labute approximate surface area is 113 Å². The maximum Gasteiger partial charge on any atom is 0.0175 e. The van der Waals surface area contributed by atoms with Gasteiger partial charge in [0, 0.05) is 36.2 Å². The first-order valence-electron chi connectivity index (χ1n) is 6.37. The highest BCUT2D eigenvalue weighted by atomic mass is 79.9. The zero-order valence-electron chi connectivity index (χ0n) is 10.6. The van der Waals surface area contributed by atoms with Gasteiger partial charge in [-0.25, -0.2) is 0 Å². The second kappa shape index (κ2) is 5.98. The molecule has 0 saturated carbocycles. The number of benzene rings is 1. The maximum absolute atomic E-state index is 3.49. The fourth-order valence-electron chi connectivity index (χ4n) is 2.45. The Bertz CT molecular complexity index is 350. The third-order valence-corrected chi connectivity index (χ3v) is 4.00. The average Bonchev–Trinajstić information content (AvgIpc) is 2.32. The van der Waals surface area contributed by atoms with E-state index in [4.69, 9.17) is 0 Å². The monoisotopic (exact) mass is 296 g/mol. The lowest BCUT2D eigenvalue weighted by molar-refractivity contribution is 0.157. The predicted molar refractivity (Wildman–Crippen MR) is 76.3 cm³/mol. The van der Waals surface area contributed by atoms with E-state index in [2.05, 4.69) is 64.3 Å². The number of nitrogens with one attached hydrogen (secondary N) is 1. The summed E-state index contributed by atoms with van der Waals surface area (Å²) in [5.74, 6) is 0. The molecule has 3 heteroatoms. The summed E-state index contributed by atoms with van der Waals surface area (Å²) in [6.07, 6.45) is 1.14. The van der Waals surface area contributed by atoms with Crippen molar-refractivity contribution in [2.45, 2.75) is 32.4 Å². The van der Waals surface area contributed by atoms with Gasteiger partial charge in [-0.3, -0.25) is 4.90 Å². The molecule has 2 rings (SSSR count). The van der Waals surface area contributed by atoms with Gasteiger partial charge < -0.3 is 5.32 Å². The van der Waals surface area contributed by atoms with Crippen molar-refractivity contribution < 1.29 is 0 Å². The summed E-state index contributed by atoms with van der Waals surface area (Å²) >= 11 is 3.48. The van der Waals surface area contributed by atoms with Crippen molar-refractivity contribution in [1.82, 2.24) is 10.2 Å². The van der Waals surface area contributed by atoms with Gasteiger partial charge in [0.2, 0.25) is 0 Å². The molecule has 1 saturated heterocycles. The predicted octanol–water partition coefficient (Wildman–Crippen LogP) is 2.67. The van der Waals surface area contributed by atoms with Crippen LogP contribution in [0.2, 0.25) is 0 Å². The Morgan fingerprint density at radius 2 is 2.12 bits per heavy atom. The normalized spacial score (nSPS) is 23.6. The summed E-state index contributed by atoms with van der Waals surface area (Å²) in [5.41, 5.74) is 1.42. The van der Waals surface area contributed by atoms with E-state index in [-0.39, 0.29) is 0 Å². The van der Waals surface area contributed by atoms with Crippen LogP contribution in [-0.2, 0) is 6.42 Å². The van der Waals surface area contributed by atoms with Gasteiger partial charge in [-0.2, -0.15) is 0 Å². The molecule has 1 N–H and O–H groups in total. The molecule has 1 aliphatic rings. The molecule has 0 aromatic heterocycles. The van der Waals surface area contributed by atoms with Gasteiger partial charge in [0.15, 0.2) is 0 Å². The second-order valence-electron chi connectivity index (χ2n) is 5.03. The first kappa shape index (κ1) is 13.1. The first-order chi connectivity index (χ1) is 8.15. The minimum atomic E-state index is 0.621. The van der Waals surface area contributed by atoms with Crippen molar-refractivity contribution in [2.24, 2.45) is 0 Å². The van der Waals surface area contributed by atoms with E-state index < -0.39 is 0 Å². The van der Waals surface area contributed by atoms with E-state index in [0.717, 1.165) is 24.0 Å². The van der Waals surface area contributed by atoms with Crippen molar-refractivity contribution in [3.63, 3.8) is 0 Å².